The Morgan fingerprint density at radius 1 is 1.08 bits per heavy atom. The van der Waals surface area contributed by atoms with Crippen LogP contribution in [0.25, 0.3) is 0 Å². The lowest BCUT2D eigenvalue weighted by atomic mass is 9.89. The maximum atomic E-state index is 12.3. The van der Waals surface area contributed by atoms with E-state index in [0.29, 0.717) is 18.3 Å². The predicted molar refractivity (Wildman–Crippen MR) is 101 cm³/mol. The van der Waals surface area contributed by atoms with Crippen LogP contribution in [0.1, 0.15) is 44.9 Å². The molecule has 26 heavy (non-hydrogen) atoms. The van der Waals surface area contributed by atoms with E-state index in [4.69, 9.17) is 9.47 Å². The van der Waals surface area contributed by atoms with Gasteiger partial charge in [-0.05, 0) is 50.3 Å². The molecule has 1 aromatic carbocycles. The Labute approximate surface area is 155 Å². The maximum Gasteiger partial charge on any atom is 0.319 e. The summed E-state index contributed by atoms with van der Waals surface area (Å²) in [7, 11) is 0. The van der Waals surface area contributed by atoms with Gasteiger partial charge < -0.3 is 20.1 Å². The lowest BCUT2D eigenvalue weighted by Crippen LogP contribution is -2.43. The average Bonchev–Trinajstić information content (AvgIpc) is 3.29. The number of ether oxygens (including phenoxy) is 2. The number of fused-ring (bicyclic) bond motifs is 1. The van der Waals surface area contributed by atoms with Crippen LogP contribution in [0.5, 0.6) is 11.5 Å². The predicted octanol–water partition coefficient (Wildman–Crippen LogP) is 3.58. The second kappa shape index (κ2) is 8.16. The van der Waals surface area contributed by atoms with Crippen molar-refractivity contribution in [1.29, 1.82) is 0 Å². The van der Waals surface area contributed by atoms with E-state index < -0.39 is 0 Å². The number of benzene rings is 1. The van der Waals surface area contributed by atoms with E-state index in [0.717, 1.165) is 17.4 Å². The molecule has 1 aromatic rings. The van der Waals surface area contributed by atoms with E-state index in [1.54, 1.807) is 6.07 Å². The number of carbonyl (C=O) groups is 1. The highest BCUT2D eigenvalue weighted by Gasteiger charge is 2.27. The van der Waals surface area contributed by atoms with Gasteiger partial charge in [-0.25, -0.2) is 4.79 Å². The van der Waals surface area contributed by atoms with Crippen LogP contribution in [0.2, 0.25) is 0 Å². The van der Waals surface area contributed by atoms with Crippen LogP contribution in [0.4, 0.5) is 10.5 Å². The van der Waals surface area contributed by atoms with Gasteiger partial charge in [-0.2, -0.15) is 0 Å². The Bertz CT molecular complexity index is 631. The van der Waals surface area contributed by atoms with Gasteiger partial charge in [-0.15, -0.1) is 0 Å². The van der Waals surface area contributed by atoms with Gasteiger partial charge in [0.2, 0.25) is 6.79 Å². The molecule has 1 atom stereocenters. The number of nitrogens with one attached hydrogen (secondary N) is 2. The third-order valence-electron chi connectivity index (χ3n) is 5.85. The second-order valence-corrected chi connectivity index (χ2v) is 7.70. The standard InChI is InChI=1S/C20H29N3O3/c24-20(22-16-8-9-18-19(11-16)26-14-25-18)21-12-17-7-4-10-23(17)13-15-5-2-1-3-6-15/h8-9,11,15,17H,1-7,10,12-14H2,(H2,21,22,24). The minimum atomic E-state index is -0.159. The van der Waals surface area contributed by atoms with Crippen molar-refractivity contribution in [1.82, 2.24) is 10.2 Å². The molecule has 2 fully saturated rings. The zero-order valence-electron chi connectivity index (χ0n) is 15.3. The Morgan fingerprint density at radius 3 is 2.81 bits per heavy atom. The molecule has 0 radical (unpaired) electrons. The van der Waals surface area contributed by atoms with Crippen LogP contribution in [0.3, 0.4) is 0 Å². The number of amides is 2. The van der Waals surface area contributed by atoms with Crippen molar-refractivity contribution in [3.8, 4) is 11.5 Å². The molecule has 1 aliphatic carbocycles. The third kappa shape index (κ3) is 4.23. The van der Waals surface area contributed by atoms with E-state index in [1.807, 2.05) is 12.1 Å². The second-order valence-electron chi connectivity index (χ2n) is 7.70. The number of nitrogens with zero attached hydrogens (tertiary/aromatic N) is 1. The first-order valence-corrected chi connectivity index (χ1v) is 9.96. The van der Waals surface area contributed by atoms with Gasteiger partial charge in [0.1, 0.15) is 0 Å². The summed E-state index contributed by atoms with van der Waals surface area (Å²) in [6.45, 7) is 3.33. The van der Waals surface area contributed by atoms with Crippen molar-refractivity contribution in [3.05, 3.63) is 18.2 Å². The maximum absolute atomic E-state index is 12.3. The molecule has 1 saturated heterocycles. The van der Waals surface area contributed by atoms with Gasteiger partial charge in [0.25, 0.3) is 0 Å². The van der Waals surface area contributed by atoms with Gasteiger partial charge in [0.15, 0.2) is 11.5 Å². The lowest BCUT2D eigenvalue weighted by molar-refractivity contribution is 0.174. The molecule has 6 nitrogen and oxygen atoms in total. The van der Waals surface area contributed by atoms with Crippen molar-refractivity contribution in [2.45, 2.75) is 51.0 Å². The first-order valence-electron chi connectivity index (χ1n) is 9.96. The fourth-order valence-electron chi connectivity index (χ4n) is 4.43. The van der Waals surface area contributed by atoms with Crippen molar-refractivity contribution in [2.24, 2.45) is 5.92 Å². The first kappa shape index (κ1) is 17.5. The number of likely N-dealkylation sites (tertiary alicyclic amines) is 1. The molecule has 0 bridgehead atoms. The number of anilines is 1. The molecule has 6 heteroatoms. The number of carbonyl (C=O) groups excluding carboxylic acids is 1. The SMILES string of the molecule is O=C(NCC1CCCN1CC1CCCCC1)Nc1ccc2c(c1)OCO2. The minimum Gasteiger partial charge on any atom is -0.454 e. The third-order valence-corrected chi connectivity index (χ3v) is 5.85. The van der Waals surface area contributed by atoms with Gasteiger partial charge >= 0.3 is 6.03 Å². The minimum absolute atomic E-state index is 0.159. The largest absolute Gasteiger partial charge is 0.454 e. The molecule has 4 rings (SSSR count). The Kier molecular flexibility index (Phi) is 5.48. The fourth-order valence-corrected chi connectivity index (χ4v) is 4.43. The van der Waals surface area contributed by atoms with E-state index in [-0.39, 0.29) is 12.8 Å². The zero-order valence-corrected chi connectivity index (χ0v) is 15.3. The van der Waals surface area contributed by atoms with Gasteiger partial charge in [0.05, 0.1) is 0 Å². The van der Waals surface area contributed by atoms with E-state index in [1.165, 1.54) is 58.0 Å². The summed E-state index contributed by atoms with van der Waals surface area (Å²) in [4.78, 5) is 14.8. The summed E-state index contributed by atoms with van der Waals surface area (Å²) in [5.41, 5.74) is 0.720. The Balaban J connectivity index is 1.24. The van der Waals surface area contributed by atoms with Crippen LogP contribution in [0.15, 0.2) is 18.2 Å². The summed E-state index contributed by atoms with van der Waals surface area (Å²) < 4.78 is 10.6. The number of rotatable bonds is 5. The quantitative estimate of drug-likeness (QED) is 0.843. The molecule has 3 aliphatic rings. The Hall–Kier alpha value is -1.95. The van der Waals surface area contributed by atoms with Gasteiger partial charge in [0, 0.05) is 30.9 Å². The molecule has 1 saturated carbocycles. The molecule has 2 amide bonds. The van der Waals surface area contributed by atoms with E-state index >= 15 is 0 Å². The monoisotopic (exact) mass is 359 g/mol. The normalized spacial score (nSPS) is 23.2. The Morgan fingerprint density at radius 2 is 1.92 bits per heavy atom. The van der Waals surface area contributed by atoms with Crippen molar-refractivity contribution in [2.75, 3.05) is 31.7 Å². The number of urea groups is 1. The molecular formula is C20H29N3O3. The summed E-state index contributed by atoms with van der Waals surface area (Å²) in [5, 5.41) is 5.93. The van der Waals surface area contributed by atoms with Crippen LogP contribution in [0, 0.1) is 5.92 Å². The molecule has 1 unspecified atom stereocenters. The first-order chi connectivity index (χ1) is 12.8. The number of hydrogen-bond donors (Lipinski definition) is 2. The highest BCUT2D eigenvalue weighted by molar-refractivity contribution is 5.89. The molecule has 0 spiro atoms. The molecule has 142 valence electrons. The summed E-state index contributed by atoms with van der Waals surface area (Å²) in [5.74, 6) is 2.25. The van der Waals surface area contributed by atoms with Crippen LogP contribution in [-0.2, 0) is 0 Å². The van der Waals surface area contributed by atoms with Gasteiger partial charge in [-0.3, -0.25) is 4.90 Å². The molecular weight excluding hydrogens is 330 g/mol. The van der Waals surface area contributed by atoms with Crippen molar-refractivity contribution in [3.63, 3.8) is 0 Å². The molecule has 2 N–H and O–H groups in total. The molecule has 2 heterocycles. The van der Waals surface area contributed by atoms with Crippen molar-refractivity contribution < 1.29 is 14.3 Å². The summed E-state index contributed by atoms with van der Waals surface area (Å²) in [6.07, 6.45) is 9.35. The highest BCUT2D eigenvalue weighted by atomic mass is 16.7. The van der Waals surface area contributed by atoms with Crippen LogP contribution < -0.4 is 20.1 Å². The highest BCUT2D eigenvalue weighted by Crippen LogP contribution is 2.34. The number of hydrogen-bond acceptors (Lipinski definition) is 4. The summed E-state index contributed by atoms with van der Waals surface area (Å²) >= 11 is 0. The van der Waals surface area contributed by atoms with E-state index in [9.17, 15) is 4.79 Å². The fraction of sp³-hybridized carbons (Fsp3) is 0.650. The zero-order chi connectivity index (χ0) is 17.8. The van der Waals surface area contributed by atoms with Crippen LogP contribution >= 0.6 is 0 Å². The average molecular weight is 359 g/mol. The summed E-state index contributed by atoms with van der Waals surface area (Å²) in [6, 6.07) is 5.76. The molecule has 2 aliphatic heterocycles. The van der Waals surface area contributed by atoms with Crippen LogP contribution in [-0.4, -0.2) is 43.4 Å². The van der Waals surface area contributed by atoms with Gasteiger partial charge in [-0.1, -0.05) is 19.3 Å². The topological polar surface area (TPSA) is 62.8 Å². The smallest absolute Gasteiger partial charge is 0.319 e. The lowest BCUT2D eigenvalue weighted by Gasteiger charge is -2.31. The molecule has 0 aromatic heterocycles. The van der Waals surface area contributed by atoms with Crippen molar-refractivity contribution >= 4 is 11.7 Å². The van der Waals surface area contributed by atoms with E-state index in [2.05, 4.69) is 15.5 Å².